The molecule has 16 heteroatoms. The number of ether oxygens (including phenoxy) is 4. The normalized spacial score (nSPS) is 12.9. The summed E-state index contributed by atoms with van der Waals surface area (Å²) in [4.78, 5) is 26.8. The third-order valence-corrected chi connectivity index (χ3v) is 5.83. The van der Waals surface area contributed by atoms with Crippen molar-refractivity contribution in [1.82, 2.24) is 0 Å². The summed E-state index contributed by atoms with van der Waals surface area (Å²) in [6, 6.07) is 13.3. The van der Waals surface area contributed by atoms with Gasteiger partial charge in [0.15, 0.2) is 23.0 Å². The minimum absolute atomic E-state index is 0. The Balaban J connectivity index is 0.00000182. The Kier molecular flexibility index (Phi) is 22.8. The fourth-order valence-corrected chi connectivity index (χ4v) is 3.59. The predicted octanol–water partition coefficient (Wildman–Crippen LogP) is 1.56. The zero-order valence-corrected chi connectivity index (χ0v) is 30.9. The number of fused-ring (bicyclic) bond motifs is 5. The number of carboxylic acids is 2. The summed E-state index contributed by atoms with van der Waals surface area (Å²) in [5.74, 6) is -1.42. The van der Waals surface area contributed by atoms with E-state index in [2.05, 4.69) is 9.98 Å². The Labute approximate surface area is 329 Å². The van der Waals surface area contributed by atoms with Gasteiger partial charge >= 0.3 is 51.4 Å². The van der Waals surface area contributed by atoms with E-state index in [4.69, 9.17) is 62.0 Å². The van der Waals surface area contributed by atoms with Gasteiger partial charge in [0.25, 0.3) is 5.97 Å². The van der Waals surface area contributed by atoms with Crippen LogP contribution in [0.5, 0.6) is 23.0 Å². The average molecular weight is 749 g/mol. The molecule has 12 nitrogen and oxygen atoms in total. The first-order valence-corrected chi connectivity index (χ1v) is 13.7. The van der Waals surface area contributed by atoms with Crippen LogP contribution >= 0.6 is 23.2 Å². The van der Waals surface area contributed by atoms with Crippen molar-refractivity contribution in [1.29, 1.82) is 0 Å². The molecule has 4 bridgehead atoms. The van der Waals surface area contributed by atoms with E-state index in [9.17, 15) is 10.2 Å². The Hall–Kier alpha value is -2.22. The number of rotatable bonds is 0. The molecule has 0 saturated carbocycles. The van der Waals surface area contributed by atoms with Crippen molar-refractivity contribution in [3.05, 3.63) is 69.7 Å². The summed E-state index contributed by atoms with van der Waals surface area (Å²) in [5.41, 5.74) is 1.69. The minimum Gasteiger partial charge on any atom is -0.550 e. The van der Waals surface area contributed by atoms with E-state index in [0.717, 1.165) is 13.8 Å². The van der Waals surface area contributed by atoms with E-state index in [1.54, 1.807) is 48.5 Å². The number of hydrogen-bond acceptors (Lipinski definition) is 11. The van der Waals surface area contributed by atoms with Crippen molar-refractivity contribution in [3.8, 4) is 23.0 Å². The summed E-state index contributed by atoms with van der Waals surface area (Å²) < 4.78 is 22.3. The van der Waals surface area contributed by atoms with E-state index in [0.29, 0.717) is 70.5 Å². The van der Waals surface area contributed by atoms with Crippen molar-refractivity contribution in [2.45, 2.75) is 13.8 Å². The van der Waals surface area contributed by atoms with Crippen LogP contribution in [0.15, 0.2) is 58.5 Å². The van der Waals surface area contributed by atoms with E-state index in [1.165, 1.54) is 12.4 Å². The molecule has 0 aliphatic carbocycles. The Morgan fingerprint density at radius 2 is 1.07 bits per heavy atom. The van der Waals surface area contributed by atoms with Crippen LogP contribution in [0.1, 0.15) is 25.0 Å². The zero-order chi connectivity index (χ0) is 32.5. The average Bonchev–Trinajstić information content (AvgIpc) is 2.95. The van der Waals surface area contributed by atoms with E-state index in [1.807, 2.05) is 0 Å². The number of carboxylic acid groups (broad SMARTS) is 2. The number of phenolic OH excluding ortho intramolecular Hbond substituents is 2. The van der Waals surface area contributed by atoms with Crippen LogP contribution in [0.25, 0.3) is 0 Å². The van der Waals surface area contributed by atoms with Crippen molar-refractivity contribution in [2.24, 2.45) is 9.98 Å². The largest absolute Gasteiger partial charge is 1.00 e. The van der Waals surface area contributed by atoms with Gasteiger partial charge in [-0.15, -0.1) is 0 Å². The van der Waals surface area contributed by atoms with Gasteiger partial charge in [0.1, 0.15) is 13.2 Å². The molecule has 0 fully saturated rings. The van der Waals surface area contributed by atoms with E-state index >= 15 is 0 Å². The maximum absolute atomic E-state index is 10.6. The zero-order valence-electron chi connectivity index (χ0n) is 25.2. The fourth-order valence-electron chi connectivity index (χ4n) is 3.27. The molecule has 3 aromatic rings. The number of halogens is 2. The third kappa shape index (κ3) is 16.6. The van der Waals surface area contributed by atoms with Crippen LogP contribution < -0.4 is 66.0 Å². The smallest absolute Gasteiger partial charge is 0.550 e. The van der Waals surface area contributed by atoms with Gasteiger partial charge in [0.2, 0.25) is 0 Å². The summed E-state index contributed by atoms with van der Waals surface area (Å²) in [5, 5.41) is 38.2. The second kappa shape index (κ2) is 24.0. The Morgan fingerprint density at radius 3 is 1.41 bits per heavy atom. The summed E-state index contributed by atoms with van der Waals surface area (Å²) in [6.45, 7) is 3.96. The van der Waals surface area contributed by atoms with Gasteiger partial charge in [-0.25, -0.2) is 0 Å². The molecule has 1 radical (unpaired) electrons. The molecule has 3 aromatic carbocycles. The Bertz CT molecular complexity index is 1360. The standard InChI is InChI=1S/C26H24Cl2N2O6.2C2H4O2.Co.K/c27-19-13-21-22(14-20(19)28)30-16-18-4-2-6-24(26(18)32)36-12-10-34-8-7-33-9-11-35-23-5-1-3-17(15-29-21)25(23)31;2*1-2(3)4;;/h1-6,13-16,31-32H,7-12H2;2*1H3,(H,3,4);;/q;;;;+1/p-1. The number of carbonyl (C=O) groups is 2. The molecule has 3 N–H and O–H groups in total. The molecule has 0 aromatic heterocycles. The molecule has 4 rings (SSSR count). The van der Waals surface area contributed by atoms with Gasteiger partial charge in [-0.3, -0.25) is 14.8 Å². The quantitative estimate of drug-likeness (QED) is 0.286. The molecular formula is C30H31Cl2CoKN2O10. The number of hydrogen-bond donors (Lipinski definition) is 3. The van der Waals surface area contributed by atoms with Crippen LogP contribution in [0.2, 0.25) is 10.0 Å². The monoisotopic (exact) mass is 747 g/mol. The first kappa shape index (κ1) is 43.8. The number of phenols is 2. The van der Waals surface area contributed by atoms with Crippen LogP contribution in [-0.2, 0) is 35.8 Å². The summed E-state index contributed by atoms with van der Waals surface area (Å²) in [6.07, 6.45) is 2.96. The summed E-state index contributed by atoms with van der Waals surface area (Å²) in [7, 11) is 0. The molecule has 1 heterocycles. The number of carbonyl (C=O) groups excluding carboxylic acids is 1. The topological polar surface area (TPSA) is 180 Å². The molecule has 0 spiro atoms. The fraction of sp³-hybridized carbons (Fsp3) is 0.267. The van der Waals surface area contributed by atoms with Crippen LogP contribution in [0.4, 0.5) is 11.4 Å². The third-order valence-electron chi connectivity index (χ3n) is 5.11. The molecule has 0 unspecified atom stereocenters. The number of aromatic hydroxyl groups is 2. The van der Waals surface area contributed by atoms with E-state index in [-0.39, 0.29) is 92.9 Å². The van der Waals surface area contributed by atoms with Gasteiger partial charge in [-0.1, -0.05) is 35.3 Å². The first-order valence-electron chi connectivity index (χ1n) is 13.0. The van der Waals surface area contributed by atoms with Crippen LogP contribution in [0, 0.1) is 0 Å². The number of aliphatic imine (C=N–C) groups is 2. The van der Waals surface area contributed by atoms with Crippen molar-refractivity contribution in [2.75, 3.05) is 39.6 Å². The molecule has 46 heavy (non-hydrogen) atoms. The molecule has 0 saturated heterocycles. The molecule has 0 amide bonds. The van der Waals surface area contributed by atoms with Gasteiger partial charge in [0.05, 0.1) is 47.8 Å². The first-order chi connectivity index (χ1) is 21.0. The number of nitrogens with zero attached hydrogens (tertiary/aromatic N) is 2. The maximum Gasteiger partial charge on any atom is 1.00 e. The molecular weight excluding hydrogens is 717 g/mol. The number of aliphatic carboxylic acids is 2. The van der Waals surface area contributed by atoms with Gasteiger partial charge < -0.3 is 44.2 Å². The molecule has 245 valence electrons. The minimum atomic E-state index is -1.08. The van der Waals surface area contributed by atoms with Gasteiger partial charge in [-0.05, 0) is 43.3 Å². The second-order valence-corrected chi connectivity index (χ2v) is 9.41. The SMILES string of the molecule is CC(=O)O.CC(=O)[O-].Oc1c2cccc1OCCOCCOCCOc1cccc(c1O)C=Nc1cc(Cl)c(Cl)cc1N=C2.[Co].[K+]. The van der Waals surface area contributed by atoms with Gasteiger partial charge in [0, 0.05) is 53.2 Å². The molecule has 0 atom stereocenters. The van der Waals surface area contributed by atoms with Crippen LogP contribution in [-0.4, -0.2) is 79.3 Å². The summed E-state index contributed by atoms with van der Waals surface area (Å²) >= 11 is 12.4. The molecule has 1 aliphatic heterocycles. The van der Waals surface area contributed by atoms with E-state index < -0.39 is 11.9 Å². The maximum atomic E-state index is 10.6. The van der Waals surface area contributed by atoms with Crippen molar-refractivity contribution >= 4 is 58.9 Å². The second-order valence-electron chi connectivity index (χ2n) is 8.59. The van der Waals surface area contributed by atoms with Crippen LogP contribution in [0.3, 0.4) is 0 Å². The van der Waals surface area contributed by atoms with Crippen molar-refractivity contribution in [3.63, 3.8) is 0 Å². The molecule has 1 aliphatic rings. The van der Waals surface area contributed by atoms with Gasteiger partial charge in [-0.2, -0.15) is 0 Å². The number of para-hydroxylation sites is 2. The van der Waals surface area contributed by atoms with Crippen molar-refractivity contribution < 1.29 is 117 Å². The predicted molar refractivity (Wildman–Crippen MR) is 164 cm³/mol. The number of benzene rings is 3. The Morgan fingerprint density at radius 1 is 0.739 bits per heavy atom.